The largest absolute Gasteiger partial charge is 0.383 e. The molecule has 2 aromatic carbocycles. The summed E-state index contributed by atoms with van der Waals surface area (Å²) in [4.78, 5) is 12.4. The van der Waals surface area contributed by atoms with Gasteiger partial charge < -0.3 is 15.4 Å². The van der Waals surface area contributed by atoms with E-state index < -0.39 is 0 Å². The molecule has 0 aliphatic rings. The fourth-order valence-electron chi connectivity index (χ4n) is 2.53. The fourth-order valence-corrected chi connectivity index (χ4v) is 4.10. The van der Waals surface area contributed by atoms with Gasteiger partial charge in [-0.05, 0) is 23.6 Å². The Morgan fingerprint density at radius 3 is 2.71 bits per heavy atom. The third kappa shape index (κ3) is 6.33. The van der Waals surface area contributed by atoms with Gasteiger partial charge in [-0.1, -0.05) is 71.6 Å². The van der Waals surface area contributed by atoms with Crippen LogP contribution in [0.15, 0.2) is 58.9 Å². The van der Waals surface area contributed by atoms with Crippen LogP contribution in [0.3, 0.4) is 0 Å². The molecule has 1 heterocycles. The van der Waals surface area contributed by atoms with Crippen LogP contribution in [0.4, 0.5) is 10.8 Å². The summed E-state index contributed by atoms with van der Waals surface area (Å²) in [7, 11) is 1.65. The van der Waals surface area contributed by atoms with Crippen molar-refractivity contribution in [3.8, 4) is 0 Å². The zero-order valence-electron chi connectivity index (χ0n) is 15.6. The predicted octanol–water partition coefficient (Wildman–Crippen LogP) is 3.92. The molecule has 1 amide bonds. The zero-order chi connectivity index (χ0) is 19.6. The zero-order valence-corrected chi connectivity index (χ0v) is 17.2. The molecule has 8 heteroatoms. The SMILES string of the molecule is COCCNc1nnc(SCC(=O)Nc2ccccc2Cc2ccccc2)s1. The van der Waals surface area contributed by atoms with E-state index in [1.807, 2.05) is 42.5 Å². The lowest BCUT2D eigenvalue weighted by molar-refractivity contribution is -0.113. The summed E-state index contributed by atoms with van der Waals surface area (Å²) in [6.07, 6.45) is 0.775. The molecular formula is C20H22N4O2S2. The van der Waals surface area contributed by atoms with E-state index >= 15 is 0 Å². The number of carbonyl (C=O) groups is 1. The smallest absolute Gasteiger partial charge is 0.234 e. The van der Waals surface area contributed by atoms with Crippen LogP contribution in [0, 0.1) is 0 Å². The Labute approximate surface area is 172 Å². The van der Waals surface area contributed by atoms with Crippen LogP contribution in [0.5, 0.6) is 0 Å². The minimum absolute atomic E-state index is 0.0606. The first kappa shape index (κ1) is 20.3. The number of carbonyl (C=O) groups excluding carboxylic acids is 1. The average Bonchev–Trinajstić information content (AvgIpc) is 3.17. The number of anilines is 2. The Hall–Kier alpha value is -2.42. The number of aromatic nitrogens is 2. The van der Waals surface area contributed by atoms with Gasteiger partial charge >= 0.3 is 0 Å². The van der Waals surface area contributed by atoms with Crippen LogP contribution in [0.25, 0.3) is 0 Å². The topological polar surface area (TPSA) is 76.1 Å². The highest BCUT2D eigenvalue weighted by atomic mass is 32.2. The molecule has 2 N–H and O–H groups in total. The first-order valence-corrected chi connectivity index (χ1v) is 10.7. The van der Waals surface area contributed by atoms with Crippen LogP contribution >= 0.6 is 23.1 Å². The molecule has 0 fully saturated rings. The van der Waals surface area contributed by atoms with E-state index in [0.29, 0.717) is 13.2 Å². The lowest BCUT2D eigenvalue weighted by Gasteiger charge is -2.11. The molecule has 3 aromatic rings. The first-order chi connectivity index (χ1) is 13.7. The lowest BCUT2D eigenvalue weighted by Crippen LogP contribution is -2.15. The van der Waals surface area contributed by atoms with E-state index in [1.165, 1.54) is 28.7 Å². The molecule has 0 atom stereocenters. The summed E-state index contributed by atoms with van der Waals surface area (Å²) < 4.78 is 5.75. The molecule has 0 radical (unpaired) electrons. The van der Waals surface area contributed by atoms with Crippen molar-refractivity contribution in [3.63, 3.8) is 0 Å². The molecule has 1 aromatic heterocycles. The number of nitrogens with zero attached hydrogens (tertiary/aromatic N) is 2. The van der Waals surface area contributed by atoms with Gasteiger partial charge in [0.25, 0.3) is 0 Å². The van der Waals surface area contributed by atoms with Gasteiger partial charge in [0.2, 0.25) is 11.0 Å². The quantitative estimate of drug-likeness (QED) is 0.387. The highest BCUT2D eigenvalue weighted by Crippen LogP contribution is 2.26. The number of methoxy groups -OCH3 is 1. The van der Waals surface area contributed by atoms with Crippen LogP contribution < -0.4 is 10.6 Å². The van der Waals surface area contributed by atoms with Gasteiger partial charge in [0, 0.05) is 19.3 Å². The number of ether oxygens (including phenoxy) is 1. The Morgan fingerprint density at radius 1 is 1.11 bits per heavy atom. The van der Waals surface area contributed by atoms with Crippen LogP contribution in [-0.2, 0) is 16.0 Å². The summed E-state index contributed by atoms with van der Waals surface area (Å²) in [6, 6.07) is 18.1. The van der Waals surface area contributed by atoms with Crippen molar-refractivity contribution in [3.05, 3.63) is 65.7 Å². The predicted molar refractivity (Wildman–Crippen MR) is 115 cm³/mol. The van der Waals surface area contributed by atoms with Crippen molar-refractivity contribution in [1.29, 1.82) is 0 Å². The molecule has 6 nitrogen and oxygen atoms in total. The molecule has 0 unspecified atom stereocenters. The van der Waals surface area contributed by atoms with Gasteiger partial charge in [-0.2, -0.15) is 0 Å². The van der Waals surface area contributed by atoms with Crippen LogP contribution in [0.1, 0.15) is 11.1 Å². The summed E-state index contributed by atoms with van der Waals surface area (Å²) in [5, 5.41) is 15.0. The summed E-state index contributed by atoms with van der Waals surface area (Å²) >= 11 is 2.81. The van der Waals surface area contributed by atoms with E-state index in [-0.39, 0.29) is 11.7 Å². The average molecular weight is 415 g/mol. The molecule has 0 saturated heterocycles. The molecule has 0 spiro atoms. The van der Waals surface area contributed by atoms with E-state index in [9.17, 15) is 4.79 Å². The lowest BCUT2D eigenvalue weighted by atomic mass is 10.0. The molecule has 0 aliphatic carbocycles. The van der Waals surface area contributed by atoms with Gasteiger partial charge in [0.05, 0.1) is 12.4 Å². The Bertz CT molecular complexity index is 887. The standard InChI is InChI=1S/C20H22N4O2S2/c1-26-12-11-21-19-23-24-20(28-19)27-14-18(25)22-17-10-6-5-9-16(17)13-15-7-3-2-4-8-15/h2-10H,11-14H2,1H3,(H,21,23)(H,22,25). The molecule has 0 saturated carbocycles. The van der Waals surface area contributed by atoms with Gasteiger partial charge in [0.15, 0.2) is 4.34 Å². The van der Waals surface area contributed by atoms with Crippen molar-refractivity contribution >= 4 is 39.8 Å². The Balaban J connectivity index is 1.52. The molecule has 0 aliphatic heterocycles. The second-order valence-electron chi connectivity index (χ2n) is 5.95. The maximum Gasteiger partial charge on any atom is 0.234 e. The summed E-state index contributed by atoms with van der Waals surface area (Å²) in [5.41, 5.74) is 3.14. The monoisotopic (exact) mass is 414 g/mol. The van der Waals surface area contributed by atoms with E-state index in [2.05, 4.69) is 33.0 Å². The van der Waals surface area contributed by atoms with Gasteiger partial charge in [0.1, 0.15) is 0 Å². The van der Waals surface area contributed by atoms with E-state index in [4.69, 9.17) is 4.74 Å². The molecule has 0 bridgehead atoms. The number of thioether (sulfide) groups is 1. The molecule has 28 heavy (non-hydrogen) atoms. The van der Waals surface area contributed by atoms with Gasteiger partial charge in [-0.15, -0.1) is 10.2 Å². The number of rotatable bonds is 10. The number of hydrogen-bond donors (Lipinski definition) is 2. The van der Waals surface area contributed by atoms with Crippen molar-refractivity contribution in [2.75, 3.05) is 36.6 Å². The van der Waals surface area contributed by atoms with Crippen LogP contribution in [0.2, 0.25) is 0 Å². The molecular weight excluding hydrogens is 392 g/mol. The Morgan fingerprint density at radius 2 is 1.89 bits per heavy atom. The third-order valence-corrected chi connectivity index (χ3v) is 5.86. The number of amides is 1. The normalized spacial score (nSPS) is 10.6. The maximum atomic E-state index is 12.4. The Kier molecular flexibility index (Phi) is 7.83. The van der Waals surface area contributed by atoms with E-state index in [1.54, 1.807) is 7.11 Å². The van der Waals surface area contributed by atoms with Crippen molar-refractivity contribution in [1.82, 2.24) is 10.2 Å². The van der Waals surface area contributed by atoms with E-state index in [0.717, 1.165) is 27.1 Å². The number of hydrogen-bond acceptors (Lipinski definition) is 7. The summed E-state index contributed by atoms with van der Waals surface area (Å²) in [6.45, 7) is 1.28. The first-order valence-electron chi connectivity index (χ1n) is 8.85. The number of benzene rings is 2. The van der Waals surface area contributed by atoms with Crippen molar-refractivity contribution < 1.29 is 9.53 Å². The third-order valence-electron chi connectivity index (χ3n) is 3.84. The van der Waals surface area contributed by atoms with Crippen LogP contribution in [-0.4, -0.2) is 42.1 Å². The van der Waals surface area contributed by atoms with Crippen molar-refractivity contribution in [2.24, 2.45) is 0 Å². The van der Waals surface area contributed by atoms with Crippen molar-refractivity contribution in [2.45, 2.75) is 10.8 Å². The summed E-state index contributed by atoms with van der Waals surface area (Å²) in [5.74, 6) is 0.224. The highest BCUT2D eigenvalue weighted by molar-refractivity contribution is 8.01. The number of nitrogens with one attached hydrogen (secondary N) is 2. The minimum Gasteiger partial charge on any atom is -0.383 e. The molecule has 146 valence electrons. The van der Waals surface area contributed by atoms with Gasteiger partial charge in [-0.25, -0.2) is 0 Å². The number of para-hydroxylation sites is 1. The second-order valence-corrected chi connectivity index (χ2v) is 8.15. The highest BCUT2D eigenvalue weighted by Gasteiger charge is 2.10. The molecule has 3 rings (SSSR count). The van der Waals surface area contributed by atoms with Gasteiger partial charge in [-0.3, -0.25) is 4.79 Å². The fraction of sp³-hybridized carbons (Fsp3) is 0.250. The minimum atomic E-state index is -0.0606. The maximum absolute atomic E-state index is 12.4. The second kappa shape index (κ2) is 10.8.